The van der Waals surface area contributed by atoms with Crippen LogP contribution in [0.3, 0.4) is 0 Å². The maximum atomic E-state index is 6.90. The lowest BCUT2D eigenvalue weighted by Gasteiger charge is -2.43. The summed E-state index contributed by atoms with van der Waals surface area (Å²) < 4.78 is 23.9. The number of rotatable bonds is 10. The van der Waals surface area contributed by atoms with Gasteiger partial charge in [-0.15, -0.1) is 0 Å². The van der Waals surface area contributed by atoms with Crippen LogP contribution in [-0.4, -0.2) is 46.6 Å². The molecule has 1 heterocycles. The fourth-order valence-corrected chi connectivity index (χ4v) is 8.52. The van der Waals surface area contributed by atoms with Gasteiger partial charge in [0.2, 0.25) is 0 Å². The van der Waals surface area contributed by atoms with Crippen LogP contribution in [0.1, 0.15) is 34.6 Å². The maximum absolute atomic E-state index is 6.90. The van der Waals surface area contributed by atoms with E-state index in [2.05, 4.69) is 81.4 Å². The van der Waals surface area contributed by atoms with Gasteiger partial charge in [-0.05, 0) is 29.3 Å². The lowest BCUT2D eigenvalue weighted by atomic mass is 10.2. The molecule has 0 aromatic heterocycles. The first-order chi connectivity index (χ1) is 13.9. The molecule has 1 aliphatic heterocycles. The van der Waals surface area contributed by atoms with Gasteiger partial charge in [0.25, 0.3) is 8.32 Å². The standard InChI is InChI=1S/C24H34O4Si/c1-6-25-19(2)26-17-22-23(28-22)18-27-29(24(3,4)5,20-13-9-7-10-14-20)21-15-11-8-12-16-21/h7-16,19,22-23H,6,17-18H2,1-5H3/t19?,22-,23+/m1/s1. The summed E-state index contributed by atoms with van der Waals surface area (Å²) in [5, 5.41) is 2.55. The highest BCUT2D eigenvalue weighted by molar-refractivity contribution is 6.99. The lowest BCUT2D eigenvalue weighted by Crippen LogP contribution is -2.66. The second-order valence-corrected chi connectivity index (χ2v) is 12.8. The van der Waals surface area contributed by atoms with Crippen LogP contribution in [0.2, 0.25) is 5.04 Å². The maximum Gasteiger partial charge on any atom is 0.261 e. The Bertz CT molecular complexity index is 705. The van der Waals surface area contributed by atoms with Gasteiger partial charge < -0.3 is 18.6 Å². The van der Waals surface area contributed by atoms with Crippen LogP contribution < -0.4 is 10.4 Å². The van der Waals surface area contributed by atoms with Crippen LogP contribution in [0.4, 0.5) is 0 Å². The average Bonchev–Trinajstić information content (AvgIpc) is 3.46. The molecule has 5 heteroatoms. The zero-order valence-electron chi connectivity index (χ0n) is 18.3. The van der Waals surface area contributed by atoms with Crippen molar-refractivity contribution in [1.29, 1.82) is 0 Å². The minimum absolute atomic E-state index is 0.0277. The summed E-state index contributed by atoms with van der Waals surface area (Å²) in [5.41, 5.74) is 0. The zero-order valence-corrected chi connectivity index (χ0v) is 19.3. The van der Waals surface area contributed by atoms with Gasteiger partial charge in [-0.2, -0.15) is 0 Å². The van der Waals surface area contributed by atoms with E-state index < -0.39 is 8.32 Å². The van der Waals surface area contributed by atoms with E-state index >= 15 is 0 Å². The number of benzene rings is 2. The summed E-state index contributed by atoms with van der Waals surface area (Å²) in [7, 11) is -2.50. The van der Waals surface area contributed by atoms with Crippen molar-refractivity contribution in [3.8, 4) is 0 Å². The van der Waals surface area contributed by atoms with Gasteiger partial charge in [-0.25, -0.2) is 0 Å². The molecule has 1 unspecified atom stereocenters. The highest BCUT2D eigenvalue weighted by Gasteiger charge is 2.52. The Kier molecular flexibility index (Phi) is 7.30. The summed E-state index contributed by atoms with van der Waals surface area (Å²) in [6, 6.07) is 21.4. The van der Waals surface area contributed by atoms with Crippen LogP contribution in [-0.2, 0) is 18.6 Å². The molecule has 0 amide bonds. The van der Waals surface area contributed by atoms with Crippen molar-refractivity contribution in [3.63, 3.8) is 0 Å². The summed E-state index contributed by atoms with van der Waals surface area (Å²) >= 11 is 0. The molecule has 0 radical (unpaired) electrons. The van der Waals surface area contributed by atoms with Crippen molar-refractivity contribution in [2.45, 2.75) is 58.2 Å². The smallest absolute Gasteiger partial charge is 0.261 e. The van der Waals surface area contributed by atoms with E-state index in [4.69, 9.17) is 18.6 Å². The monoisotopic (exact) mass is 414 g/mol. The fraction of sp³-hybridized carbons (Fsp3) is 0.500. The molecule has 2 aromatic rings. The average molecular weight is 415 g/mol. The van der Waals surface area contributed by atoms with Gasteiger partial charge >= 0.3 is 0 Å². The molecule has 2 aromatic carbocycles. The van der Waals surface area contributed by atoms with E-state index in [-0.39, 0.29) is 23.5 Å². The molecule has 4 nitrogen and oxygen atoms in total. The molecular weight excluding hydrogens is 380 g/mol. The summed E-state index contributed by atoms with van der Waals surface area (Å²) in [6.07, 6.45) is -0.0518. The van der Waals surface area contributed by atoms with Crippen LogP contribution in [0, 0.1) is 0 Å². The third kappa shape index (κ3) is 5.16. The summed E-state index contributed by atoms with van der Waals surface area (Å²) in [5.74, 6) is 0. The van der Waals surface area contributed by atoms with Gasteiger partial charge in [0.15, 0.2) is 6.29 Å². The van der Waals surface area contributed by atoms with Crippen molar-refractivity contribution in [3.05, 3.63) is 60.7 Å². The molecule has 1 fully saturated rings. The summed E-state index contributed by atoms with van der Waals surface area (Å²) in [4.78, 5) is 0. The van der Waals surface area contributed by atoms with E-state index in [9.17, 15) is 0 Å². The van der Waals surface area contributed by atoms with E-state index in [0.717, 1.165) is 0 Å². The Labute approximate surface area is 176 Å². The Morgan fingerprint density at radius 2 is 1.38 bits per heavy atom. The third-order valence-corrected chi connectivity index (χ3v) is 10.5. The molecule has 1 aliphatic rings. The van der Waals surface area contributed by atoms with Crippen LogP contribution >= 0.6 is 0 Å². The SMILES string of the molecule is CCOC(C)OC[C@H]1O[C@H]1CO[Si](c1ccccc1)(c1ccccc1)C(C)(C)C. The van der Waals surface area contributed by atoms with Crippen molar-refractivity contribution in [1.82, 2.24) is 0 Å². The predicted octanol–water partition coefficient (Wildman–Crippen LogP) is 3.73. The highest BCUT2D eigenvalue weighted by Crippen LogP contribution is 2.38. The number of hydrogen-bond acceptors (Lipinski definition) is 4. The minimum atomic E-state index is -2.50. The molecule has 1 saturated heterocycles. The van der Waals surface area contributed by atoms with Gasteiger partial charge in [-0.1, -0.05) is 81.4 Å². The largest absolute Gasteiger partial charge is 0.405 e. The minimum Gasteiger partial charge on any atom is -0.405 e. The highest BCUT2D eigenvalue weighted by atomic mass is 28.4. The van der Waals surface area contributed by atoms with Crippen LogP contribution in [0.5, 0.6) is 0 Å². The molecule has 0 N–H and O–H groups in total. The first kappa shape index (κ1) is 22.2. The van der Waals surface area contributed by atoms with Crippen molar-refractivity contribution < 1.29 is 18.6 Å². The quantitative estimate of drug-likeness (QED) is 0.337. The van der Waals surface area contributed by atoms with Gasteiger partial charge in [0, 0.05) is 6.61 Å². The van der Waals surface area contributed by atoms with Gasteiger partial charge in [0.05, 0.1) is 13.2 Å². The second kappa shape index (κ2) is 9.54. The molecule has 158 valence electrons. The molecule has 0 aliphatic carbocycles. The van der Waals surface area contributed by atoms with Crippen molar-refractivity contribution in [2.75, 3.05) is 19.8 Å². The lowest BCUT2D eigenvalue weighted by molar-refractivity contribution is -0.129. The Morgan fingerprint density at radius 1 is 0.862 bits per heavy atom. The van der Waals surface area contributed by atoms with E-state index in [0.29, 0.717) is 19.8 Å². The van der Waals surface area contributed by atoms with Crippen molar-refractivity contribution >= 4 is 18.7 Å². The molecule has 0 saturated carbocycles. The van der Waals surface area contributed by atoms with Crippen LogP contribution in [0.25, 0.3) is 0 Å². The topological polar surface area (TPSA) is 40.2 Å². The number of hydrogen-bond donors (Lipinski definition) is 0. The molecule has 3 rings (SSSR count). The van der Waals surface area contributed by atoms with E-state index in [1.165, 1.54) is 10.4 Å². The number of epoxide rings is 1. The van der Waals surface area contributed by atoms with Crippen LogP contribution in [0.15, 0.2) is 60.7 Å². The number of ether oxygens (including phenoxy) is 3. The first-order valence-electron chi connectivity index (χ1n) is 10.5. The molecule has 3 atom stereocenters. The second-order valence-electron chi connectivity index (χ2n) is 8.54. The van der Waals surface area contributed by atoms with E-state index in [1.807, 2.05) is 13.8 Å². The van der Waals surface area contributed by atoms with Gasteiger partial charge in [0.1, 0.15) is 12.2 Å². The summed E-state index contributed by atoms with van der Waals surface area (Å²) in [6.45, 7) is 12.5. The molecular formula is C24H34O4Si. The fourth-order valence-electron chi connectivity index (χ4n) is 3.95. The predicted molar refractivity (Wildman–Crippen MR) is 119 cm³/mol. The Hall–Kier alpha value is -1.50. The molecule has 0 spiro atoms. The first-order valence-corrected chi connectivity index (χ1v) is 12.4. The van der Waals surface area contributed by atoms with Gasteiger partial charge in [-0.3, -0.25) is 0 Å². The third-order valence-electron chi connectivity index (χ3n) is 5.47. The normalized spacial score (nSPS) is 20.4. The van der Waals surface area contributed by atoms with E-state index in [1.54, 1.807) is 0 Å². The molecule has 29 heavy (non-hydrogen) atoms. The Balaban J connectivity index is 1.77. The zero-order chi connectivity index (χ0) is 20.9. The molecule has 0 bridgehead atoms. The van der Waals surface area contributed by atoms with Crippen molar-refractivity contribution in [2.24, 2.45) is 0 Å². The Morgan fingerprint density at radius 3 is 1.86 bits per heavy atom.